The fraction of sp³-hybridized carbons (Fsp3) is 0.929. The maximum absolute atomic E-state index is 12.1. The van der Waals surface area contributed by atoms with Gasteiger partial charge in [0.25, 0.3) is 0 Å². The van der Waals surface area contributed by atoms with Crippen LogP contribution in [0.4, 0.5) is 0 Å². The van der Waals surface area contributed by atoms with Gasteiger partial charge in [0.15, 0.2) is 0 Å². The molecule has 1 rings (SSSR count). The zero-order valence-corrected chi connectivity index (χ0v) is 11.8. The molecule has 3 heteroatoms. The number of likely N-dealkylation sites (N-methyl/N-ethyl adjacent to an activating group) is 1. The number of rotatable bonds is 5. The Hall–Kier alpha value is -0.570. The Labute approximate surface area is 106 Å². The Bertz CT molecular complexity index is 230. The highest BCUT2D eigenvalue weighted by Crippen LogP contribution is 2.23. The van der Waals surface area contributed by atoms with Gasteiger partial charge in [-0.1, -0.05) is 6.92 Å². The Morgan fingerprint density at radius 2 is 1.76 bits per heavy atom. The van der Waals surface area contributed by atoms with Crippen LogP contribution in [0.1, 0.15) is 53.4 Å². The molecule has 1 fully saturated rings. The lowest BCUT2D eigenvalue weighted by molar-refractivity contribution is -0.132. The summed E-state index contributed by atoms with van der Waals surface area (Å²) in [6.45, 7) is 10.0. The molecule has 1 aliphatic carbocycles. The van der Waals surface area contributed by atoms with E-state index in [4.69, 9.17) is 0 Å². The summed E-state index contributed by atoms with van der Waals surface area (Å²) in [4.78, 5) is 14.0. The molecule has 1 aliphatic rings. The van der Waals surface area contributed by atoms with Gasteiger partial charge in [-0.05, 0) is 52.4 Å². The molecular formula is C14H28N2O. The topological polar surface area (TPSA) is 32.3 Å². The van der Waals surface area contributed by atoms with Crippen LogP contribution in [-0.4, -0.2) is 36.0 Å². The van der Waals surface area contributed by atoms with E-state index in [-0.39, 0.29) is 11.9 Å². The molecule has 0 bridgehead atoms. The van der Waals surface area contributed by atoms with Crippen molar-refractivity contribution < 1.29 is 4.79 Å². The SMILES string of the molecule is CCN(CC)C(=O)C(C)NC1CCC(C)CC1. The van der Waals surface area contributed by atoms with Crippen LogP contribution in [0.5, 0.6) is 0 Å². The predicted octanol–water partition coefficient (Wildman–Crippen LogP) is 2.41. The highest BCUT2D eigenvalue weighted by atomic mass is 16.2. The van der Waals surface area contributed by atoms with Crippen molar-refractivity contribution in [2.45, 2.75) is 65.5 Å². The number of carbonyl (C=O) groups excluding carboxylic acids is 1. The van der Waals surface area contributed by atoms with Gasteiger partial charge in [0.1, 0.15) is 0 Å². The maximum Gasteiger partial charge on any atom is 0.239 e. The molecule has 0 aromatic carbocycles. The number of nitrogens with zero attached hydrogens (tertiary/aromatic N) is 1. The zero-order chi connectivity index (χ0) is 12.8. The summed E-state index contributed by atoms with van der Waals surface area (Å²) in [5, 5.41) is 3.50. The second kappa shape index (κ2) is 7.00. The average molecular weight is 240 g/mol. The minimum Gasteiger partial charge on any atom is -0.342 e. The second-order valence-electron chi connectivity index (χ2n) is 5.36. The van der Waals surface area contributed by atoms with Gasteiger partial charge in [-0.2, -0.15) is 0 Å². The van der Waals surface area contributed by atoms with Crippen LogP contribution in [0.2, 0.25) is 0 Å². The molecule has 0 aromatic heterocycles. The van der Waals surface area contributed by atoms with Crippen molar-refractivity contribution >= 4 is 5.91 Å². The van der Waals surface area contributed by atoms with E-state index in [1.807, 2.05) is 25.7 Å². The minimum absolute atomic E-state index is 0.0340. The summed E-state index contributed by atoms with van der Waals surface area (Å²) in [5.41, 5.74) is 0. The van der Waals surface area contributed by atoms with Crippen molar-refractivity contribution in [2.24, 2.45) is 5.92 Å². The van der Waals surface area contributed by atoms with Crippen LogP contribution >= 0.6 is 0 Å². The van der Waals surface area contributed by atoms with Crippen molar-refractivity contribution in [1.82, 2.24) is 10.2 Å². The minimum atomic E-state index is -0.0340. The van der Waals surface area contributed by atoms with Gasteiger partial charge in [0.2, 0.25) is 5.91 Å². The lowest BCUT2D eigenvalue weighted by atomic mass is 9.87. The third-order valence-electron chi connectivity index (χ3n) is 3.95. The van der Waals surface area contributed by atoms with E-state index in [2.05, 4.69) is 12.2 Å². The molecular weight excluding hydrogens is 212 g/mol. The maximum atomic E-state index is 12.1. The molecule has 1 unspecified atom stereocenters. The number of hydrogen-bond acceptors (Lipinski definition) is 2. The molecule has 1 atom stereocenters. The zero-order valence-electron chi connectivity index (χ0n) is 11.8. The van der Waals surface area contributed by atoms with E-state index in [0.717, 1.165) is 19.0 Å². The molecule has 0 heterocycles. The van der Waals surface area contributed by atoms with Crippen LogP contribution < -0.4 is 5.32 Å². The van der Waals surface area contributed by atoms with Gasteiger partial charge in [0.05, 0.1) is 6.04 Å². The highest BCUT2D eigenvalue weighted by Gasteiger charge is 2.23. The summed E-state index contributed by atoms with van der Waals surface area (Å²) < 4.78 is 0. The first-order valence-corrected chi connectivity index (χ1v) is 7.13. The number of amides is 1. The summed E-state index contributed by atoms with van der Waals surface area (Å²) in [5.74, 6) is 1.11. The summed E-state index contributed by atoms with van der Waals surface area (Å²) in [6, 6.07) is 0.508. The van der Waals surface area contributed by atoms with E-state index in [0.29, 0.717) is 6.04 Å². The predicted molar refractivity (Wildman–Crippen MR) is 71.9 cm³/mol. The molecule has 0 aromatic rings. The first-order chi connectivity index (χ1) is 8.08. The lowest BCUT2D eigenvalue weighted by Crippen LogP contribution is -2.49. The summed E-state index contributed by atoms with van der Waals surface area (Å²) >= 11 is 0. The van der Waals surface area contributed by atoms with Crippen LogP contribution in [0, 0.1) is 5.92 Å². The van der Waals surface area contributed by atoms with E-state index >= 15 is 0 Å². The van der Waals surface area contributed by atoms with Crippen LogP contribution in [-0.2, 0) is 4.79 Å². The third-order valence-corrected chi connectivity index (χ3v) is 3.95. The number of nitrogens with one attached hydrogen (secondary N) is 1. The van der Waals surface area contributed by atoms with E-state index in [1.54, 1.807) is 0 Å². The van der Waals surface area contributed by atoms with Crippen LogP contribution in [0.15, 0.2) is 0 Å². The number of carbonyl (C=O) groups is 1. The first-order valence-electron chi connectivity index (χ1n) is 7.13. The monoisotopic (exact) mass is 240 g/mol. The van der Waals surface area contributed by atoms with E-state index in [1.165, 1.54) is 25.7 Å². The molecule has 3 nitrogen and oxygen atoms in total. The standard InChI is InChI=1S/C14H28N2O/c1-5-16(6-2)14(17)12(4)15-13-9-7-11(3)8-10-13/h11-13,15H,5-10H2,1-4H3. The fourth-order valence-corrected chi connectivity index (χ4v) is 2.66. The van der Waals surface area contributed by atoms with Gasteiger partial charge in [-0.15, -0.1) is 0 Å². The normalized spacial score (nSPS) is 26.6. The Morgan fingerprint density at radius 3 is 2.24 bits per heavy atom. The smallest absolute Gasteiger partial charge is 0.239 e. The van der Waals surface area contributed by atoms with Crippen molar-refractivity contribution in [3.8, 4) is 0 Å². The first kappa shape index (κ1) is 14.5. The molecule has 0 aliphatic heterocycles. The van der Waals surface area contributed by atoms with E-state index in [9.17, 15) is 4.79 Å². The molecule has 1 saturated carbocycles. The van der Waals surface area contributed by atoms with Crippen LogP contribution in [0.3, 0.4) is 0 Å². The third kappa shape index (κ3) is 4.30. The van der Waals surface area contributed by atoms with Crippen LogP contribution in [0.25, 0.3) is 0 Å². The highest BCUT2D eigenvalue weighted by molar-refractivity contribution is 5.81. The van der Waals surface area contributed by atoms with Gasteiger partial charge in [0, 0.05) is 19.1 Å². The Morgan fingerprint density at radius 1 is 1.24 bits per heavy atom. The molecule has 1 N–H and O–H groups in total. The van der Waals surface area contributed by atoms with Gasteiger partial charge in [-0.25, -0.2) is 0 Å². The quantitative estimate of drug-likeness (QED) is 0.800. The molecule has 17 heavy (non-hydrogen) atoms. The molecule has 0 spiro atoms. The summed E-state index contributed by atoms with van der Waals surface area (Å²) in [6.07, 6.45) is 5.03. The van der Waals surface area contributed by atoms with Crippen molar-refractivity contribution in [2.75, 3.05) is 13.1 Å². The Balaban J connectivity index is 2.37. The fourth-order valence-electron chi connectivity index (χ4n) is 2.66. The molecule has 1 amide bonds. The lowest BCUT2D eigenvalue weighted by Gasteiger charge is -2.31. The van der Waals surface area contributed by atoms with E-state index < -0.39 is 0 Å². The summed E-state index contributed by atoms with van der Waals surface area (Å²) in [7, 11) is 0. The van der Waals surface area contributed by atoms with Crippen molar-refractivity contribution in [3.05, 3.63) is 0 Å². The second-order valence-corrected chi connectivity index (χ2v) is 5.36. The van der Waals surface area contributed by atoms with Gasteiger partial charge in [-0.3, -0.25) is 4.79 Å². The average Bonchev–Trinajstić information content (AvgIpc) is 2.33. The number of hydrogen-bond donors (Lipinski definition) is 1. The van der Waals surface area contributed by atoms with Crippen molar-refractivity contribution in [1.29, 1.82) is 0 Å². The Kier molecular flexibility index (Phi) is 5.96. The van der Waals surface area contributed by atoms with Gasteiger partial charge >= 0.3 is 0 Å². The largest absolute Gasteiger partial charge is 0.342 e. The molecule has 0 radical (unpaired) electrons. The van der Waals surface area contributed by atoms with Gasteiger partial charge < -0.3 is 10.2 Å². The molecule has 100 valence electrons. The molecule has 0 saturated heterocycles. The van der Waals surface area contributed by atoms with Crippen molar-refractivity contribution in [3.63, 3.8) is 0 Å².